The predicted molar refractivity (Wildman–Crippen MR) is 84.2 cm³/mol. The standard InChI is InChI=1S/C15H22BrN3/c1-9(2)4-11(8-17)6-14-18-13-7-12(16)5-10(3)15(13)19-14/h5,7,9,11H,4,6,8,17H2,1-3H3,(H,18,19). The number of fused-ring (bicyclic) bond motifs is 1. The largest absolute Gasteiger partial charge is 0.342 e. The van der Waals surface area contributed by atoms with Crippen LogP contribution in [0, 0.1) is 18.8 Å². The van der Waals surface area contributed by atoms with Crippen LogP contribution in [-0.4, -0.2) is 16.5 Å². The highest BCUT2D eigenvalue weighted by molar-refractivity contribution is 9.10. The number of aryl methyl sites for hydroxylation is 1. The van der Waals surface area contributed by atoms with E-state index in [2.05, 4.69) is 53.8 Å². The molecule has 0 bridgehead atoms. The van der Waals surface area contributed by atoms with Crippen molar-refractivity contribution in [1.82, 2.24) is 9.97 Å². The van der Waals surface area contributed by atoms with Gasteiger partial charge in [0.1, 0.15) is 5.82 Å². The molecular formula is C15H22BrN3. The Morgan fingerprint density at radius 1 is 1.37 bits per heavy atom. The van der Waals surface area contributed by atoms with Crippen molar-refractivity contribution in [3.05, 3.63) is 28.0 Å². The molecule has 0 radical (unpaired) electrons. The average Bonchev–Trinajstić information content (AvgIpc) is 2.70. The number of halogens is 1. The SMILES string of the molecule is Cc1cc(Br)cc2[nH]c(CC(CN)CC(C)C)nc12. The number of imidazole rings is 1. The lowest BCUT2D eigenvalue weighted by molar-refractivity contribution is 0.410. The fourth-order valence-corrected chi connectivity index (χ4v) is 3.17. The maximum absolute atomic E-state index is 5.87. The molecule has 1 unspecified atom stereocenters. The third-order valence-electron chi connectivity index (χ3n) is 3.41. The van der Waals surface area contributed by atoms with Gasteiger partial charge in [-0.15, -0.1) is 0 Å². The Labute approximate surface area is 123 Å². The normalized spacial score (nSPS) is 13.4. The van der Waals surface area contributed by atoms with E-state index in [4.69, 9.17) is 10.7 Å². The molecule has 0 saturated carbocycles. The first-order valence-corrected chi connectivity index (χ1v) is 7.63. The number of nitrogens with zero attached hydrogens (tertiary/aromatic N) is 1. The van der Waals surface area contributed by atoms with Crippen molar-refractivity contribution in [3.8, 4) is 0 Å². The summed E-state index contributed by atoms with van der Waals surface area (Å²) in [6.07, 6.45) is 2.08. The van der Waals surface area contributed by atoms with Crippen LogP contribution in [0.3, 0.4) is 0 Å². The van der Waals surface area contributed by atoms with Gasteiger partial charge >= 0.3 is 0 Å². The molecule has 1 heterocycles. The molecule has 0 saturated heterocycles. The zero-order chi connectivity index (χ0) is 14.0. The topological polar surface area (TPSA) is 54.7 Å². The first-order valence-electron chi connectivity index (χ1n) is 6.84. The van der Waals surface area contributed by atoms with Crippen LogP contribution in [0.4, 0.5) is 0 Å². The molecule has 0 amide bonds. The molecule has 1 aromatic heterocycles. The van der Waals surface area contributed by atoms with Crippen LogP contribution in [0.2, 0.25) is 0 Å². The Kier molecular flexibility index (Phi) is 4.63. The van der Waals surface area contributed by atoms with E-state index in [9.17, 15) is 0 Å². The van der Waals surface area contributed by atoms with Gasteiger partial charge in [0, 0.05) is 10.9 Å². The average molecular weight is 324 g/mol. The van der Waals surface area contributed by atoms with Crippen molar-refractivity contribution >= 4 is 27.0 Å². The number of aromatic amines is 1. The molecule has 19 heavy (non-hydrogen) atoms. The van der Waals surface area contributed by atoms with Gasteiger partial charge in [-0.05, 0) is 49.4 Å². The minimum Gasteiger partial charge on any atom is -0.342 e. The zero-order valence-electron chi connectivity index (χ0n) is 11.8. The Bertz CT molecular complexity index is 560. The molecule has 0 spiro atoms. The van der Waals surface area contributed by atoms with Gasteiger partial charge in [-0.3, -0.25) is 0 Å². The van der Waals surface area contributed by atoms with Crippen LogP contribution in [0.25, 0.3) is 11.0 Å². The van der Waals surface area contributed by atoms with Crippen LogP contribution in [0.15, 0.2) is 16.6 Å². The van der Waals surface area contributed by atoms with E-state index in [1.165, 1.54) is 5.56 Å². The van der Waals surface area contributed by atoms with Crippen LogP contribution in [-0.2, 0) is 6.42 Å². The fraction of sp³-hybridized carbons (Fsp3) is 0.533. The molecule has 0 aliphatic carbocycles. The van der Waals surface area contributed by atoms with Gasteiger partial charge in [0.05, 0.1) is 11.0 Å². The molecular weight excluding hydrogens is 302 g/mol. The maximum Gasteiger partial charge on any atom is 0.107 e. The summed E-state index contributed by atoms with van der Waals surface area (Å²) in [5.41, 5.74) is 9.23. The number of rotatable bonds is 5. The fourth-order valence-electron chi connectivity index (χ4n) is 2.60. The number of benzene rings is 1. The highest BCUT2D eigenvalue weighted by Crippen LogP contribution is 2.23. The van der Waals surface area contributed by atoms with Crippen LogP contribution >= 0.6 is 15.9 Å². The molecule has 0 aliphatic heterocycles. The highest BCUT2D eigenvalue weighted by atomic mass is 79.9. The minimum absolute atomic E-state index is 0.504. The van der Waals surface area contributed by atoms with E-state index in [0.717, 1.165) is 40.7 Å². The lowest BCUT2D eigenvalue weighted by atomic mass is 9.94. The molecule has 3 nitrogen and oxygen atoms in total. The number of nitrogens with two attached hydrogens (primary N) is 1. The lowest BCUT2D eigenvalue weighted by Gasteiger charge is -2.15. The Morgan fingerprint density at radius 2 is 2.11 bits per heavy atom. The smallest absolute Gasteiger partial charge is 0.107 e. The first-order chi connectivity index (χ1) is 8.99. The Balaban J connectivity index is 2.23. The summed E-state index contributed by atoms with van der Waals surface area (Å²) in [5.74, 6) is 2.23. The summed E-state index contributed by atoms with van der Waals surface area (Å²) in [6.45, 7) is 7.29. The summed E-state index contributed by atoms with van der Waals surface area (Å²) in [7, 11) is 0. The van der Waals surface area contributed by atoms with Crippen LogP contribution in [0.1, 0.15) is 31.7 Å². The van der Waals surface area contributed by atoms with E-state index < -0.39 is 0 Å². The number of hydrogen-bond donors (Lipinski definition) is 2. The molecule has 1 atom stereocenters. The third kappa shape index (κ3) is 3.57. The van der Waals surface area contributed by atoms with E-state index in [1.54, 1.807) is 0 Å². The Hall–Kier alpha value is -0.870. The summed E-state index contributed by atoms with van der Waals surface area (Å²) in [5, 5.41) is 0. The van der Waals surface area contributed by atoms with Gasteiger partial charge in [-0.25, -0.2) is 4.98 Å². The number of H-pyrrole nitrogens is 1. The van der Waals surface area contributed by atoms with Gasteiger partial charge < -0.3 is 10.7 Å². The van der Waals surface area contributed by atoms with E-state index in [-0.39, 0.29) is 0 Å². The monoisotopic (exact) mass is 323 g/mol. The van der Waals surface area contributed by atoms with Gasteiger partial charge in [0.15, 0.2) is 0 Å². The van der Waals surface area contributed by atoms with E-state index in [0.29, 0.717) is 11.8 Å². The van der Waals surface area contributed by atoms with E-state index >= 15 is 0 Å². The highest BCUT2D eigenvalue weighted by Gasteiger charge is 2.13. The number of aromatic nitrogens is 2. The van der Waals surface area contributed by atoms with Crippen molar-refractivity contribution in [2.24, 2.45) is 17.6 Å². The van der Waals surface area contributed by atoms with Crippen molar-refractivity contribution in [3.63, 3.8) is 0 Å². The van der Waals surface area contributed by atoms with Gasteiger partial charge in [0.2, 0.25) is 0 Å². The first kappa shape index (κ1) is 14.5. The van der Waals surface area contributed by atoms with Crippen LogP contribution in [0.5, 0.6) is 0 Å². The maximum atomic E-state index is 5.87. The summed E-state index contributed by atoms with van der Waals surface area (Å²) < 4.78 is 1.09. The van der Waals surface area contributed by atoms with Gasteiger partial charge in [-0.2, -0.15) is 0 Å². The summed E-state index contributed by atoms with van der Waals surface area (Å²) in [6, 6.07) is 4.18. The van der Waals surface area contributed by atoms with Crippen LogP contribution < -0.4 is 5.73 Å². The predicted octanol–water partition coefficient (Wildman–Crippen LogP) is 3.80. The molecule has 0 aliphatic rings. The van der Waals surface area contributed by atoms with Crippen molar-refractivity contribution < 1.29 is 0 Å². The zero-order valence-corrected chi connectivity index (χ0v) is 13.4. The Morgan fingerprint density at radius 3 is 2.74 bits per heavy atom. The molecule has 2 rings (SSSR count). The second kappa shape index (κ2) is 6.06. The van der Waals surface area contributed by atoms with Crippen molar-refractivity contribution in [1.29, 1.82) is 0 Å². The summed E-state index contributed by atoms with van der Waals surface area (Å²) >= 11 is 3.52. The summed E-state index contributed by atoms with van der Waals surface area (Å²) in [4.78, 5) is 8.14. The molecule has 3 N–H and O–H groups in total. The molecule has 4 heteroatoms. The van der Waals surface area contributed by atoms with Gasteiger partial charge in [-0.1, -0.05) is 29.8 Å². The molecule has 1 aromatic carbocycles. The molecule has 2 aromatic rings. The van der Waals surface area contributed by atoms with Gasteiger partial charge in [0.25, 0.3) is 0 Å². The number of hydrogen-bond acceptors (Lipinski definition) is 2. The minimum atomic E-state index is 0.504. The second-order valence-electron chi connectivity index (χ2n) is 5.74. The quantitative estimate of drug-likeness (QED) is 0.879. The second-order valence-corrected chi connectivity index (χ2v) is 6.65. The molecule has 0 fully saturated rings. The number of nitrogens with one attached hydrogen (secondary N) is 1. The molecule has 104 valence electrons. The van der Waals surface area contributed by atoms with E-state index in [1.807, 2.05) is 0 Å². The third-order valence-corrected chi connectivity index (χ3v) is 3.87. The van der Waals surface area contributed by atoms with Crippen molar-refractivity contribution in [2.75, 3.05) is 6.54 Å². The lowest BCUT2D eigenvalue weighted by Crippen LogP contribution is -2.19. The van der Waals surface area contributed by atoms with Crippen molar-refractivity contribution in [2.45, 2.75) is 33.6 Å².